The third-order valence-electron chi connectivity index (χ3n) is 3.63. The van der Waals surface area contributed by atoms with Crippen LogP contribution in [0.25, 0.3) is 0 Å². The molecular formula is C14H24N4O3. The van der Waals surface area contributed by atoms with Crippen LogP contribution in [0, 0.1) is 10.1 Å². The average molecular weight is 296 g/mol. The largest absolute Gasteiger partial charge is 0.383 e. The highest BCUT2D eigenvalue weighted by Crippen LogP contribution is 2.24. The van der Waals surface area contributed by atoms with Crippen LogP contribution in [0.15, 0.2) is 18.2 Å². The Morgan fingerprint density at radius 3 is 2.76 bits per heavy atom. The minimum Gasteiger partial charge on any atom is -0.383 e. The molecule has 1 atom stereocenters. The van der Waals surface area contributed by atoms with Crippen LogP contribution in [-0.2, 0) is 11.3 Å². The second-order valence-electron chi connectivity index (χ2n) is 4.96. The zero-order valence-corrected chi connectivity index (χ0v) is 12.8. The SMILES string of the molecule is CCC(C)N(CCOC)Cc1cc([N+](=O)[O-])ccc1NN. The van der Waals surface area contributed by atoms with E-state index >= 15 is 0 Å². The molecule has 7 heteroatoms. The molecule has 0 saturated heterocycles. The summed E-state index contributed by atoms with van der Waals surface area (Å²) in [6.45, 7) is 6.20. The van der Waals surface area contributed by atoms with Gasteiger partial charge in [-0.25, -0.2) is 0 Å². The van der Waals surface area contributed by atoms with E-state index in [2.05, 4.69) is 24.2 Å². The molecule has 0 heterocycles. The fraction of sp³-hybridized carbons (Fsp3) is 0.571. The monoisotopic (exact) mass is 296 g/mol. The van der Waals surface area contributed by atoms with E-state index in [1.165, 1.54) is 6.07 Å². The molecule has 0 amide bonds. The maximum Gasteiger partial charge on any atom is 0.269 e. The summed E-state index contributed by atoms with van der Waals surface area (Å²) in [5.41, 5.74) is 4.18. The van der Waals surface area contributed by atoms with Gasteiger partial charge < -0.3 is 10.2 Å². The Morgan fingerprint density at radius 2 is 2.24 bits per heavy atom. The molecule has 1 aromatic rings. The molecule has 0 aliphatic heterocycles. The number of nitrogen functional groups attached to an aromatic ring is 1. The summed E-state index contributed by atoms with van der Waals surface area (Å²) in [5.74, 6) is 5.50. The summed E-state index contributed by atoms with van der Waals surface area (Å²) in [7, 11) is 1.66. The van der Waals surface area contributed by atoms with Gasteiger partial charge in [0.2, 0.25) is 0 Å². The van der Waals surface area contributed by atoms with Gasteiger partial charge in [-0.2, -0.15) is 0 Å². The molecule has 0 aliphatic carbocycles. The average Bonchev–Trinajstić information content (AvgIpc) is 2.50. The van der Waals surface area contributed by atoms with Crippen LogP contribution in [0.3, 0.4) is 0 Å². The highest BCUT2D eigenvalue weighted by Gasteiger charge is 2.17. The molecule has 1 aromatic carbocycles. The Hall–Kier alpha value is -1.70. The first-order chi connectivity index (χ1) is 10.0. The fourth-order valence-corrected chi connectivity index (χ4v) is 2.11. The summed E-state index contributed by atoms with van der Waals surface area (Å²) in [6.07, 6.45) is 0.990. The lowest BCUT2D eigenvalue weighted by Gasteiger charge is -2.28. The van der Waals surface area contributed by atoms with E-state index in [4.69, 9.17) is 10.6 Å². The number of nitrogens with two attached hydrogens (primary N) is 1. The number of nitrogens with zero attached hydrogens (tertiary/aromatic N) is 2. The van der Waals surface area contributed by atoms with Crippen molar-refractivity contribution in [3.63, 3.8) is 0 Å². The number of anilines is 1. The number of methoxy groups -OCH3 is 1. The molecule has 118 valence electrons. The van der Waals surface area contributed by atoms with Gasteiger partial charge >= 0.3 is 0 Å². The molecular weight excluding hydrogens is 272 g/mol. The third kappa shape index (κ3) is 4.96. The van der Waals surface area contributed by atoms with E-state index in [1.54, 1.807) is 19.2 Å². The summed E-state index contributed by atoms with van der Waals surface area (Å²) < 4.78 is 5.13. The minimum absolute atomic E-state index is 0.0693. The number of ether oxygens (including phenoxy) is 1. The van der Waals surface area contributed by atoms with Crippen LogP contribution in [0.2, 0.25) is 0 Å². The van der Waals surface area contributed by atoms with Gasteiger partial charge in [0, 0.05) is 38.4 Å². The van der Waals surface area contributed by atoms with E-state index < -0.39 is 4.92 Å². The maximum absolute atomic E-state index is 10.9. The number of non-ortho nitro benzene ring substituents is 1. The van der Waals surface area contributed by atoms with Crippen molar-refractivity contribution in [2.24, 2.45) is 5.84 Å². The highest BCUT2D eigenvalue weighted by molar-refractivity contribution is 5.55. The zero-order valence-electron chi connectivity index (χ0n) is 12.8. The van der Waals surface area contributed by atoms with Crippen molar-refractivity contribution in [1.82, 2.24) is 4.90 Å². The van der Waals surface area contributed by atoms with Crippen molar-refractivity contribution in [3.8, 4) is 0 Å². The predicted molar refractivity (Wildman–Crippen MR) is 82.9 cm³/mol. The molecule has 0 radical (unpaired) electrons. The maximum atomic E-state index is 10.9. The van der Waals surface area contributed by atoms with Gasteiger partial charge in [-0.05, 0) is 25.0 Å². The number of hydrogen-bond donors (Lipinski definition) is 2. The van der Waals surface area contributed by atoms with Crippen LogP contribution >= 0.6 is 0 Å². The van der Waals surface area contributed by atoms with Gasteiger partial charge in [0.05, 0.1) is 17.2 Å². The second kappa shape index (κ2) is 8.56. The number of hydrazine groups is 1. The standard InChI is InChI=1S/C14H24N4O3/c1-4-11(2)17(7-8-21-3)10-12-9-13(18(19)20)5-6-14(12)16-15/h5-6,9,11,16H,4,7-8,10,15H2,1-3H3. The van der Waals surface area contributed by atoms with Crippen molar-refractivity contribution < 1.29 is 9.66 Å². The Bertz CT molecular complexity index is 468. The molecule has 21 heavy (non-hydrogen) atoms. The quantitative estimate of drug-likeness (QED) is 0.412. The Labute approximate surface area is 125 Å². The first-order valence-electron chi connectivity index (χ1n) is 7.00. The molecule has 0 bridgehead atoms. The van der Waals surface area contributed by atoms with Crippen LogP contribution in [-0.4, -0.2) is 36.1 Å². The lowest BCUT2D eigenvalue weighted by atomic mass is 10.1. The van der Waals surface area contributed by atoms with Crippen LogP contribution in [0.5, 0.6) is 0 Å². The van der Waals surface area contributed by atoms with Crippen molar-refractivity contribution >= 4 is 11.4 Å². The lowest BCUT2D eigenvalue weighted by Crippen LogP contribution is -2.35. The van der Waals surface area contributed by atoms with E-state index in [1.807, 2.05) is 0 Å². The van der Waals surface area contributed by atoms with E-state index in [0.29, 0.717) is 24.9 Å². The number of rotatable bonds is 9. The number of benzene rings is 1. The van der Waals surface area contributed by atoms with E-state index in [9.17, 15) is 10.1 Å². The fourth-order valence-electron chi connectivity index (χ4n) is 2.11. The molecule has 0 fully saturated rings. The van der Waals surface area contributed by atoms with Gasteiger partial charge in [0.25, 0.3) is 5.69 Å². The third-order valence-corrected chi connectivity index (χ3v) is 3.63. The summed E-state index contributed by atoms with van der Waals surface area (Å²) >= 11 is 0. The first-order valence-corrected chi connectivity index (χ1v) is 7.00. The summed E-state index contributed by atoms with van der Waals surface area (Å²) in [4.78, 5) is 12.8. The zero-order chi connectivity index (χ0) is 15.8. The number of nitro benzene ring substituents is 1. The number of hydrogen-bond acceptors (Lipinski definition) is 6. The molecule has 7 nitrogen and oxygen atoms in total. The Balaban J connectivity index is 2.99. The van der Waals surface area contributed by atoms with Gasteiger partial charge in [-0.15, -0.1) is 0 Å². The van der Waals surface area contributed by atoms with Crippen molar-refractivity contribution in [2.45, 2.75) is 32.9 Å². The molecule has 0 aromatic heterocycles. The van der Waals surface area contributed by atoms with Gasteiger partial charge in [-0.3, -0.25) is 20.9 Å². The van der Waals surface area contributed by atoms with Crippen LogP contribution in [0.1, 0.15) is 25.8 Å². The molecule has 1 rings (SSSR count). The summed E-state index contributed by atoms with van der Waals surface area (Å²) in [6, 6.07) is 5.00. The Kier molecular flexibility index (Phi) is 7.07. The lowest BCUT2D eigenvalue weighted by molar-refractivity contribution is -0.384. The molecule has 1 unspecified atom stereocenters. The first kappa shape index (κ1) is 17.4. The van der Waals surface area contributed by atoms with Gasteiger partial charge in [0.1, 0.15) is 0 Å². The molecule has 0 saturated carbocycles. The van der Waals surface area contributed by atoms with E-state index in [0.717, 1.165) is 18.5 Å². The van der Waals surface area contributed by atoms with E-state index in [-0.39, 0.29) is 5.69 Å². The molecule has 3 N–H and O–H groups in total. The minimum atomic E-state index is -0.396. The topological polar surface area (TPSA) is 93.7 Å². The van der Waals surface area contributed by atoms with Crippen molar-refractivity contribution in [1.29, 1.82) is 0 Å². The normalized spacial score (nSPS) is 12.4. The Morgan fingerprint density at radius 1 is 1.52 bits per heavy atom. The van der Waals surface area contributed by atoms with Gasteiger partial charge in [0.15, 0.2) is 0 Å². The van der Waals surface area contributed by atoms with Crippen LogP contribution < -0.4 is 11.3 Å². The second-order valence-corrected chi connectivity index (χ2v) is 4.96. The van der Waals surface area contributed by atoms with Crippen molar-refractivity contribution in [3.05, 3.63) is 33.9 Å². The summed E-state index contributed by atoms with van der Waals surface area (Å²) in [5, 5.41) is 10.9. The van der Waals surface area contributed by atoms with Crippen molar-refractivity contribution in [2.75, 3.05) is 25.7 Å². The predicted octanol–water partition coefficient (Wildman–Crippen LogP) is 2.13. The molecule has 0 aliphatic rings. The number of nitro groups is 1. The van der Waals surface area contributed by atoms with Gasteiger partial charge in [-0.1, -0.05) is 6.92 Å². The number of nitrogens with one attached hydrogen (secondary N) is 1. The highest BCUT2D eigenvalue weighted by atomic mass is 16.6. The molecule has 0 spiro atoms. The van der Waals surface area contributed by atoms with Crippen LogP contribution in [0.4, 0.5) is 11.4 Å². The smallest absolute Gasteiger partial charge is 0.269 e.